The van der Waals surface area contributed by atoms with E-state index in [-0.39, 0.29) is 30.5 Å². The normalized spacial score (nSPS) is 17.9. The monoisotopic (exact) mass is 333 g/mol. The van der Waals surface area contributed by atoms with Gasteiger partial charge in [-0.2, -0.15) is 5.26 Å². The Balaban J connectivity index is 2.05. The molecule has 1 heterocycles. The number of hydrogen-bond donors (Lipinski definition) is 0. The van der Waals surface area contributed by atoms with E-state index >= 15 is 0 Å². The molecule has 0 spiro atoms. The Morgan fingerprint density at radius 2 is 1.52 bits per heavy atom. The van der Waals surface area contributed by atoms with Gasteiger partial charge in [0.1, 0.15) is 6.54 Å². The summed E-state index contributed by atoms with van der Waals surface area (Å²) in [5.74, 6) is 0.0593. The molecule has 2 aromatic rings. The van der Waals surface area contributed by atoms with Crippen LogP contribution < -0.4 is 0 Å². The van der Waals surface area contributed by atoms with Gasteiger partial charge in [0, 0.05) is 18.5 Å². The number of hydrogen-bond acceptors (Lipinski definition) is 3. The molecule has 0 radical (unpaired) electrons. The lowest BCUT2D eigenvalue weighted by atomic mass is 9.83. The van der Waals surface area contributed by atoms with Gasteiger partial charge in [-0.3, -0.25) is 9.69 Å². The maximum absolute atomic E-state index is 12.4. The van der Waals surface area contributed by atoms with Gasteiger partial charge in [-0.1, -0.05) is 60.7 Å². The number of piperazine rings is 1. The maximum Gasteiger partial charge on any atom is 0.243 e. The summed E-state index contributed by atoms with van der Waals surface area (Å²) in [4.78, 5) is 15.9. The largest absolute Gasteiger partial charge is 0.337 e. The number of carbonyl (C=O) groups is 1. The first-order valence-electron chi connectivity index (χ1n) is 8.67. The average molecular weight is 333 g/mol. The van der Waals surface area contributed by atoms with Crippen LogP contribution in [-0.2, 0) is 4.79 Å². The zero-order valence-corrected chi connectivity index (χ0v) is 14.7. The lowest BCUT2D eigenvalue weighted by Gasteiger charge is -2.43. The van der Waals surface area contributed by atoms with E-state index in [2.05, 4.69) is 30.5 Å². The van der Waals surface area contributed by atoms with E-state index in [1.54, 1.807) is 4.90 Å². The minimum absolute atomic E-state index is 0.0210. The minimum Gasteiger partial charge on any atom is -0.337 e. The van der Waals surface area contributed by atoms with Gasteiger partial charge in [0.2, 0.25) is 5.91 Å². The van der Waals surface area contributed by atoms with Gasteiger partial charge in [0.25, 0.3) is 0 Å². The fourth-order valence-electron chi connectivity index (χ4n) is 3.61. The van der Waals surface area contributed by atoms with E-state index in [1.807, 2.05) is 55.1 Å². The highest BCUT2D eigenvalue weighted by molar-refractivity contribution is 5.80. The van der Waals surface area contributed by atoms with Crippen molar-refractivity contribution in [3.63, 3.8) is 0 Å². The van der Waals surface area contributed by atoms with Crippen LogP contribution in [0.25, 0.3) is 0 Å². The highest BCUT2D eigenvalue weighted by atomic mass is 16.2. The molecule has 1 fully saturated rings. The van der Waals surface area contributed by atoms with Crippen LogP contribution in [0.2, 0.25) is 0 Å². The van der Waals surface area contributed by atoms with Crippen molar-refractivity contribution in [2.45, 2.75) is 31.8 Å². The molecule has 4 nitrogen and oxygen atoms in total. The van der Waals surface area contributed by atoms with E-state index in [1.165, 1.54) is 0 Å². The van der Waals surface area contributed by atoms with Gasteiger partial charge in [0.05, 0.1) is 6.04 Å². The van der Waals surface area contributed by atoms with E-state index in [9.17, 15) is 10.1 Å². The summed E-state index contributed by atoms with van der Waals surface area (Å²) in [6.07, 6.45) is 2.25. The highest BCUT2D eigenvalue weighted by Crippen LogP contribution is 2.33. The first-order chi connectivity index (χ1) is 12.1. The van der Waals surface area contributed by atoms with Crippen LogP contribution in [0.15, 0.2) is 60.7 Å². The van der Waals surface area contributed by atoms with Crippen LogP contribution in [0.1, 0.15) is 30.9 Å². The third kappa shape index (κ3) is 3.51. The van der Waals surface area contributed by atoms with Crippen molar-refractivity contribution in [3.05, 3.63) is 71.8 Å². The molecule has 4 heteroatoms. The van der Waals surface area contributed by atoms with Crippen molar-refractivity contribution >= 4 is 5.91 Å². The van der Waals surface area contributed by atoms with E-state index in [4.69, 9.17) is 0 Å². The molecule has 0 N–H and O–H groups in total. The highest BCUT2D eigenvalue weighted by Gasteiger charge is 2.38. The van der Waals surface area contributed by atoms with Gasteiger partial charge < -0.3 is 4.90 Å². The smallest absolute Gasteiger partial charge is 0.243 e. The molecular weight excluding hydrogens is 310 g/mol. The maximum atomic E-state index is 12.4. The Hall–Kier alpha value is -2.80. The Kier molecular flexibility index (Phi) is 5.04. The summed E-state index contributed by atoms with van der Waals surface area (Å²) >= 11 is 0. The topological polar surface area (TPSA) is 47.3 Å². The predicted molar refractivity (Wildman–Crippen MR) is 97.7 cm³/mol. The number of amides is 1. The molecule has 1 amide bonds. The Labute approximate surface area is 149 Å². The summed E-state index contributed by atoms with van der Waals surface area (Å²) in [6.45, 7) is 4.75. The molecule has 0 unspecified atom stereocenters. The zero-order valence-electron chi connectivity index (χ0n) is 14.7. The van der Waals surface area contributed by atoms with Gasteiger partial charge in [0.15, 0.2) is 6.19 Å². The van der Waals surface area contributed by atoms with Crippen molar-refractivity contribution < 1.29 is 4.79 Å². The van der Waals surface area contributed by atoms with Crippen LogP contribution in [0.3, 0.4) is 0 Å². The Bertz CT molecular complexity index is 712. The quantitative estimate of drug-likeness (QED) is 0.807. The minimum atomic E-state index is -0.0742. The molecule has 25 heavy (non-hydrogen) atoms. The van der Waals surface area contributed by atoms with E-state index < -0.39 is 0 Å². The molecule has 0 aromatic heterocycles. The number of nitrogens with zero attached hydrogens (tertiary/aromatic N) is 3. The molecule has 1 saturated heterocycles. The molecule has 1 aliphatic heterocycles. The Morgan fingerprint density at radius 1 is 1.00 bits per heavy atom. The molecule has 1 aliphatic rings. The third-order valence-electron chi connectivity index (χ3n) is 4.86. The Morgan fingerprint density at radius 3 is 1.96 bits per heavy atom. The van der Waals surface area contributed by atoms with Crippen molar-refractivity contribution in [3.8, 4) is 6.19 Å². The van der Waals surface area contributed by atoms with Crippen molar-refractivity contribution in [1.29, 1.82) is 5.26 Å². The van der Waals surface area contributed by atoms with Gasteiger partial charge in [-0.15, -0.1) is 0 Å². The summed E-state index contributed by atoms with van der Waals surface area (Å²) in [5.41, 5.74) is 2.33. The first-order valence-corrected chi connectivity index (χ1v) is 8.67. The van der Waals surface area contributed by atoms with Crippen molar-refractivity contribution in [2.75, 3.05) is 13.1 Å². The van der Waals surface area contributed by atoms with Gasteiger partial charge in [-0.05, 0) is 25.0 Å². The molecule has 0 bridgehead atoms. The van der Waals surface area contributed by atoms with E-state index in [0.29, 0.717) is 6.54 Å². The van der Waals surface area contributed by atoms with Crippen LogP contribution in [0.4, 0.5) is 0 Å². The van der Waals surface area contributed by atoms with Gasteiger partial charge >= 0.3 is 0 Å². The molecule has 2 aromatic carbocycles. The van der Waals surface area contributed by atoms with Crippen LogP contribution in [-0.4, -0.2) is 40.9 Å². The molecule has 0 aliphatic carbocycles. The molecule has 3 rings (SSSR count). The standard InChI is InChI=1S/C21H23N3O/c1-16(2)24-13-19(23(15-22)14-20(24)25)21(17-9-5-3-6-10-17)18-11-7-4-8-12-18/h3-12,16,19,21H,13-14H2,1-2H3/t19-/m1/s1. The van der Waals surface area contributed by atoms with Crippen LogP contribution in [0, 0.1) is 11.5 Å². The van der Waals surface area contributed by atoms with E-state index in [0.717, 1.165) is 11.1 Å². The summed E-state index contributed by atoms with van der Waals surface area (Å²) in [7, 11) is 0. The zero-order chi connectivity index (χ0) is 17.8. The molecule has 128 valence electrons. The average Bonchev–Trinajstić information content (AvgIpc) is 2.64. The SMILES string of the molecule is CC(C)N1C[C@H](C(c2ccccc2)c2ccccc2)N(C#N)CC1=O. The molecular formula is C21H23N3O. The lowest BCUT2D eigenvalue weighted by molar-refractivity contribution is -0.138. The number of nitriles is 1. The third-order valence-corrected chi connectivity index (χ3v) is 4.86. The summed E-state index contributed by atoms with van der Waals surface area (Å²) in [6, 6.07) is 20.5. The second-order valence-corrected chi connectivity index (χ2v) is 6.73. The second kappa shape index (κ2) is 7.40. The summed E-state index contributed by atoms with van der Waals surface area (Å²) < 4.78 is 0. The molecule has 0 saturated carbocycles. The first kappa shape index (κ1) is 17.0. The number of benzene rings is 2. The predicted octanol–water partition coefficient (Wildman–Crippen LogP) is 3.22. The lowest BCUT2D eigenvalue weighted by Crippen LogP contribution is -2.58. The fraction of sp³-hybridized carbons (Fsp3) is 0.333. The fourth-order valence-corrected chi connectivity index (χ4v) is 3.61. The van der Waals surface area contributed by atoms with Crippen LogP contribution >= 0.6 is 0 Å². The summed E-state index contributed by atoms with van der Waals surface area (Å²) in [5, 5.41) is 9.65. The van der Waals surface area contributed by atoms with Crippen molar-refractivity contribution in [2.24, 2.45) is 0 Å². The number of rotatable bonds is 4. The number of carbonyl (C=O) groups excluding carboxylic acids is 1. The van der Waals surface area contributed by atoms with Gasteiger partial charge in [-0.25, -0.2) is 0 Å². The second-order valence-electron chi connectivity index (χ2n) is 6.73. The van der Waals surface area contributed by atoms with Crippen LogP contribution in [0.5, 0.6) is 0 Å². The van der Waals surface area contributed by atoms with Crippen molar-refractivity contribution in [1.82, 2.24) is 9.80 Å². The molecule has 1 atom stereocenters.